The quantitative estimate of drug-likeness (QED) is 0.917. The van der Waals surface area contributed by atoms with Gasteiger partial charge in [0.05, 0.1) is 10.9 Å². The predicted molar refractivity (Wildman–Crippen MR) is 74.8 cm³/mol. The van der Waals surface area contributed by atoms with Crippen LogP contribution in [0, 0.1) is 0 Å². The minimum Gasteiger partial charge on any atom is -0.338 e. The second kappa shape index (κ2) is 6.06. The van der Waals surface area contributed by atoms with Crippen molar-refractivity contribution in [3.05, 3.63) is 29.8 Å². The van der Waals surface area contributed by atoms with Crippen molar-refractivity contribution in [1.82, 2.24) is 10.2 Å². The van der Waals surface area contributed by atoms with Crippen LogP contribution in [0.5, 0.6) is 0 Å². The Morgan fingerprint density at radius 3 is 2.26 bits per heavy atom. The molecule has 0 aromatic heterocycles. The number of amides is 2. The predicted octanol–water partition coefficient (Wildman–Crippen LogP) is 1.81. The molecule has 1 aromatic carbocycles. The minimum absolute atomic E-state index is 0.125. The summed E-state index contributed by atoms with van der Waals surface area (Å²) in [6, 6.07) is 6.31. The van der Waals surface area contributed by atoms with Crippen molar-refractivity contribution in [3.63, 3.8) is 0 Å². The van der Waals surface area contributed by atoms with E-state index in [-0.39, 0.29) is 17.0 Å². The van der Waals surface area contributed by atoms with Gasteiger partial charge < -0.3 is 10.2 Å². The molecule has 0 aliphatic carbocycles. The highest BCUT2D eigenvalue weighted by atomic mass is 32.2. The summed E-state index contributed by atoms with van der Waals surface area (Å²) in [4.78, 5) is 13.6. The van der Waals surface area contributed by atoms with Crippen molar-refractivity contribution in [2.75, 3.05) is 19.8 Å². The number of benzene rings is 1. The van der Waals surface area contributed by atoms with Gasteiger partial charge in [-0.05, 0) is 31.5 Å². The third-order valence-electron chi connectivity index (χ3n) is 3.02. The number of rotatable bonds is 4. The lowest BCUT2D eigenvalue weighted by atomic mass is 10.1. The van der Waals surface area contributed by atoms with Gasteiger partial charge in [-0.15, -0.1) is 0 Å². The summed E-state index contributed by atoms with van der Waals surface area (Å²) in [5.74, 6) is 0. The maximum absolute atomic E-state index is 11.7. The molecule has 1 rings (SSSR count). The van der Waals surface area contributed by atoms with Gasteiger partial charge in [0.15, 0.2) is 9.84 Å². The zero-order valence-corrected chi connectivity index (χ0v) is 12.5. The van der Waals surface area contributed by atoms with Crippen molar-refractivity contribution >= 4 is 15.9 Å². The van der Waals surface area contributed by atoms with Crippen molar-refractivity contribution < 1.29 is 13.2 Å². The Labute approximate surface area is 114 Å². The summed E-state index contributed by atoms with van der Waals surface area (Å²) in [5, 5.41) is 2.72. The van der Waals surface area contributed by atoms with Gasteiger partial charge in [0, 0.05) is 19.8 Å². The van der Waals surface area contributed by atoms with Crippen LogP contribution in [0.1, 0.15) is 25.5 Å². The molecule has 0 radical (unpaired) electrons. The summed E-state index contributed by atoms with van der Waals surface area (Å²) in [6.45, 7) is 4.32. The molecule has 0 unspecified atom stereocenters. The lowest BCUT2D eigenvalue weighted by molar-refractivity contribution is 0.195. The third kappa shape index (κ3) is 3.96. The van der Waals surface area contributed by atoms with E-state index in [1.807, 2.05) is 13.8 Å². The van der Waals surface area contributed by atoms with E-state index in [0.717, 1.165) is 5.56 Å². The number of hydrogen-bond donors (Lipinski definition) is 1. The molecule has 5 nitrogen and oxygen atoms in total. The van der Waals surface area contributed by atoms with E-state index in [2.05, 4.69) is 5.32 Å². The zero-order valence-electron chi connectivity index (χ0n) is 11.7. The van der Waals surface area contributed by atoms with Crippen LogP contribution in [-0.2, 0) is 9.84 Å². The molecule has 6 heteroatoms. The molecule has 0 fully saturated rings. The average Bonchev–Trinajstić information content (AvgIpc) is 2.36. The smallest absolute Gasteiger partial charge is 0.317 e. The maximum atomic E-state index is 11.7. The molecule has 0 bridgehead atoms. The van der Waals surface area contributed by atoms with Gasteiger partial charge >= 0.3 is 6.03 Å². The van der Waals surface area contributed by atoms with Crippen LogP contribution >= 0.6 is 0 Å². The first kappa shape index (κ1) is 15.5. The highest BCUT2D eigenvalue weighted by Crippen LogP contribution is 2.20. The average molecular weight is 284 g/mol. The Kier molecular flexibility index (Phi) is 4.94. The van der Waals surface area contributed by atoms with Gasteiger partial charge in [0.2, 0.25) is 0 Å². The lowest BCUT2D eigenvalue weighted by Gasteiger charge is -2.25. The maximum Gasteiger partial charge on any atom is 0.317 e. The molecule has 0 aliphatic rings. The topological polar surface area (TPSA) is 66.5 Å². The van der Waals surface area contributed by atoms with Gasteiger partial charge in [-0.2, -0.15) is 0 Å². The number of sulfone groups is 1. The molecule has 0 spiro atoms. The van der Waals surface area contributed by atoms with Gasteiger partial charge in [-0.25, -0.2) is 13.2 Å². The number of nitrogens with one attached hydrogen (secondary N) is 1. The van der Waals surface area contributed by atoms with Crippen LogP contribution in [0.15, 0.2) is 29.2 Å². The first-order chi connectivity index (χ1) is 8.77. The molecule has 0 saturated heterocycles. The fourth-order valence-electron chi connectivity index (χ4n) is 1.67. The highest BCUT2D eigenvalue weighted by molar-refractivity contribution is 7.90. The Balaban J connectivity index is 2.89. The van der Waals surface area contributed by atoms with Crippen LogP contribution in [0.3, 0.4) is 0 Å². The number of nitrogens with zero attached hydrogens (tertiary/aromatic N) is 1. The number of hydrogen-bond acceptors (Lipinski definition) is 3. The van der Waals surface area contributed by atoms with Crippen LogP contribution in [0.25, 0.3) is 0 Å². The summed E-state index contributed by atoms with van der Waals surface area (Å²) in [6.07, 6.45) is 1.17. The van der Waals surface area contributed by atoms with Crippen molar-refractivity contribution in [3.8, 4) is 0 Å². The summed E-state index contributed by atoms with van der Waals surface area (Å²) in [5.41, 5.74) is 0.890. The van der Waals surface area contributed by atoms with Crippen molar-refractivity contribution in [2.45, 2.75) is 24.8 Å². The first-order valence-corrected chi connectivity index (χ1v) is 7.97. The second-order valence-electron chi connectivity index (χ2n) is 4.46. The van der Waals surface area contributed by atoms with E-state index in [1.165, 1.54) is 6.26 Å². The Morgan fingerprint density at radius 2 is 1.84 bits per heavy atom. The van der Waals surface area contributed by atoms with Gasteiger partial charge in [0.25, 0.3) is 0 Å². The molecule has 1 N–H and O–H groups in total. The standard InChI is InChI=1S/C13H20N2O3S/c1-5-14-13(16)15(3)10(2)11-6-8-12(9-7-11)19(4,17)18/h6-10H,5H2,1-4H3,(H,14,16)/t10-/m1/s1. The number of carbonyl (C=O) groups excluding carboxylic acids is 1. The van der Waals surface area contributed by atoms with Crippen LogP contribution < -0.4 is 5.32 Å². The van der Waals surface area contributed by atoms with E-state index >= 15 is 0 Å². The highest BCUT2D eigenvalue weighted by Gasteiger charge is 2.17. The van der Waals surface area contributed by atoms with Crippen LogP contribution in [-0.4, -0.2) is 39.2 Å². The van der Waals surface area contributed by atoms with E-state index in [4.69, 9.17) is 0 Å². The minimum atomic E-state index is -3.18. The molecular formula is C13H20N2O3S. The van der Waals surface area contributed by atoms with Gasteiger partial charge in [0.1, 0.15) is 0 Å². The molecule has 0 aliphatic heterocycles. The van der Waals surface area contributed by atoms with Gasteiger partial charge in [-0.3, -0.25) is 0 Å². The summed E-state index contributed by atoms with van der Waals surface area (Å²) < 4.78 is 22.7. The monoisotopic (exact) mass is 284 g/mol. The first-order valence-electron chi connectivity index (χ1n) is 6.08. The third-order valence-corrected chi connectivity index (χ3v) is 4.15. The van der Waals surface area contributed by atoms with E-state index < -0.39 is 9.84 Å². The molecule has 0 saturated carbocycles. The molecular weight excluding hydrogens is 264 g/mol. The Hall–Kier alpha value is -1.56. The fraction of sp³-hybridized carbons (Fsp3) is 0.462. The van der Waals surface area contributed by atoms with E-state index in [0.29, 0.717) is 6.54 Å². The van der Waals surface area contributed by atoms with Crippen LogP contribution in [0.2, 0.25) is 0 Å². The number of carbonyl (C=O) groups is 1. The van der Waals surface area contributed by atoms with E-state index in [1.54, 1.807) is 36.2 Å². The van der Waals surface area contributed by atoms with E-state index in [9.17, 15) is 13.2 Å². The SMILES string of the molecule is CCNC(=O)N(C)[C@H](C)c1ccc(S(C)(=O)=O)cc1. The fourth-order valence-corrected chi connectivity index (χ4v) is 2.30. The Bertz CT molecular complexity index is 538. The molecule has 106 valence electrons. The van der Waals surface area contributed by atoms with Gasteiger partial charge in [-0.1, -0.05) is 12.1 Å². The van der Waals surface area contributed by atoms with Crippen molar-refractivity contribution in [2.24, 2.45) is 0 Å². The molecule has 2 amide bonds. The lowest BCUT2D eigenvalue weighted by Crippen LogP contribution is -2.38. The largest absolute Gasteiger partial charge is 0.338 e. The molecule has 1 atom stereocenters. The molecule has 1 aromatic rings. The Morgan fingerprint density at radius 1 is 1.32 bits per heavy atom. The zero-order chi connectivity index (χ0) is 14.6. The second-order valence-corrected chi connectivity index (χ2v) is 6.48. The molecule has 0 heterocycles. The normalized spacial score (nSPS) is 12.8. The summed E-state index contributed by atoms with van der Waals surface area (Å²) >= 11 is 0. The summed E-state index contributed by atoms with van der Waals surface area (Å²) in [7, 11) is -1.47. The van der Waals surface area contributed by atoms with Crippen LogP contribution in [0.4, 0.5) is 4.79 Å². The number of urea groups is 1. The molecule has 19 heavy (non-hydrogen) atoms. The van der Waals surface area contributed by atoms with Crippen molar-refractivity contribution in [1.29, 1.82) is 0 Å².